The molecule has 1 aliphatic heterocycles. The van der Waals surface area contributed by atoms with Crippen molar-refractivity contribution < 1.29 is 5.11 Å². The molecular weight excluding hydrogens is 360 g/mol. The van der Waals surface area contributed by atoms with Gasteiger partial charge in [0.2, 0.25) is 0 Å². The summed E-state index contributed by atoms with van der Waals surface area (Å²) in [5.41, 5.74) is 3.73. The second-order valence-electron chi connectivity index (χ2n) is 7.89. The number of anilines is 1. The molecule has 0 spiro atoms. The fourth-order valence-corrected chi connectivity index (χ4v) is 4.47. The minimum atomic E-state index is 0.168. The van der Waals surface area contributed by atoms with Crippen LogP contribution in [0.1, 0.15) is 12.0 Å². The van der Waals surface area contributed by atoms with Gasteiger partial charge < -0.3 is 15.0 Å². The maximum absolute atomic E-state index is 9.19. The van der Waals surface area contributed by atoms with E-state index in [-0.39, 0.29) is 6.61 Å². The van der Waals surface area contributed by atoms with Gasteiger partial charge in [-0.05, 0) is 47.7 Å². The van der Waals surface area contributed by atoms with E-state index in [0.29, 0.717) is 12.6 Å². The van der Waals surface area contributed by atoms with Crippen molar-refractivity contribution >= 4 is 27.4 Å². The van der Waals surface area contributed by atoms with Crippen LogP contribution in [0.15, 0.2) is 67.1 Å². The van der Waals surface area contributed by atoms with Crippen LogP contribution in [-0.2, 0) is 13.1 Å². The van der Waals surface area contributed by atoms with Crippen LogP contribution in [0.25, 0.3) is 21.7 Å². The molecule has 1 unspecified atom stereocenters. The lowest BCUT2D eigenvalue weighted by molar-refractivity contribution is 0.278. The maximum atomic E-state index is 9.19. The molecule has 0 saturated carbocycles. The van der Waals surface area contributed by atoms with Gasteiger partial charge in [0.15, 0.2) is 0 Å². The number of aromatic nitrogens is 2. The molecule has 0 bridgehead atoms. The van der Waals surface area contributed by atoms with E-state index in [1.807, 2.05) is 12.4 Å². The predicted molar refractivity (Wildman–Crippen MR) is 118 cm³/mol. The quantitative estimate of drug-likeness (QED) is 0.528. The number of likely N-dealkylation sites (tertiary alicyclic amines) is 1. The Bertz CT molecular complexity index is 1130. The molecule has 1 atom stereocenters. The molecule has 1 fully saturated rings. The van der Waals surface area contributed by atoms with E-state index in [9.17, 15) is 5.11 Å². The first-order valence-corrected chi connectivity index (χ1v) is 10.3. The van der Waals surface area contributed by atoms with Crippen molar-refractivity contribution in [3.8, 4) is 0 Å². The van der Waals surface area contributed by atoms with Gasteiger partial charge in [-0.2, -0.15) is 0 Å². The maximum Gasteiger partial charge on any atom is 0.0610 e. The lowest BCUT2D eigenvalue weighted by Crippen LogP contribution is -2.26. The van der Waals surface area contributed by atoms with Crippen LogP contribution < -0.4 is 5.32 Å². The largest absolute Gasteiger partial charge is 0.395 e. The molecule has 0 aliphatic carbocycles. The van der Waals surface area contributed by atoms with Gasteiger partial charge in [-0.3, -0.25) is 9.88 Å². The summed E-state index contributed by atoms with van der Waals surface area (Å²) in [7, 11) is 0. The Labute approximate surface area is 170 Å². The zero-order valence-electron chi connectivity index (χ0n) is 16.5. The van der Waals surface area contributed by atoms with Crippen molar-refractivity contribution in [2.24, 2.45) is 0 Å². The van der Waals surface area contributed by atoms with Crippen molar-refractivity contribution in [2.75, 3.05) is 25.0 Å². The van der Waals surface area contributed by atoms with Crippen molar-refractivity contribution in [3.05, 3.63) is 72.7 Å². The topological polar surface area (TPSA) is 53.3 Å². The van der Waals surface area contributed by atoms with Gasteiger partial charge in [0, 0.05) is 72.8 Å². The number of rotatable bonds is 6. The Kier molecular flexibility index (Phi) is 4.92. The van der Waals surface area contributed by atoms with E-state index in [1.54, 1.807) is 0 Å². The summed E-state index contributed by atoms with van der Waals surface area (Å²) in [6.45, 7) is 3.94. The van der Waals surface area contributed by atoms with E-state index >= 15 is 0 Å². The van der Waals surface area contributed by atoms with Crippen molar-refractivity contribution in [3.63, 3.8) is 0 Å². The molecule has 5 nitrogen and oxygen atoms in total. The highest BCUT2D eigenvalue weighted by Gasteiger charge is 2.23. The minimum absolute atomic E-state index is 0.168. The molecule has 148 valence electrons. The summed E-state index contributed by atoms with van der Waals surface area (Å²) in [5.74, 6) is 0. The van der Waals surface area contributed by atoms with Gasteiger partial charge >= 0.3 is 0 Å². The molecule has 0 radical (unpaired) electrons. The molecule has 2 aromatic heterocycles. The lowest BCUT2D eigenvalue weighted by Gasteiger charge is -2.18. The molecular formula is C24H26N4O. The fraction of sp³-hybridized carbons (Fsp3) is 0.292. The van der Waals surface area contributed by atoms with Crippen LogP contribution in [0.2, 0.25) is 0 Å². The van der Waals surface area contributed by atoms with Crippen molar-refractivity contribution in [1.29, 1.82) is 0 Å². The Morgan fingerprint density at radius 3 is 3.00 bits per heavy atom. The summed E-state index contributed by atoms with van der Waals surface area (Å²) in [6.07, 6.45) is 6.99. The third-order valence-corrected chi connectivity index (χ3v) is 5.90. The van der Waals surface area contributed by atoms with Crippen molar-refractivity contribution in [1.82, 2.24) is 14.5 Å². The number of aliphatic hydroxyl groups excluding tert-OH is 1. The van der Waals surface area contributed by atoms with Gasteiger partial charge in [0.25, 0.3) is 0 Å². The highest BCUT2D eigenvalue weighted by molar-refractivity contribution is 5.93. The van der Waals surface area contributed by atoms with E-state index in [4.69, 9.17) is 0 Å². The van der Waals surface area contributed by atoms with E-state index in [1.165, 1.54) is 32.9 Å². The number of aliphatic hydroxyl groups is 1. The van der Waals surface area contributed by atoms with Crippen LogP contribution in [0.5, 0.6) is 0 Å². The summed E-state index contributed by atoms with van der Waals surface area (Å²) in [6, 6.07) is 17.7. The first kappa shape index (κ1) is 18.2. The molecule has 2 N–H and O–H groups in total. The summed E-state index contributed by atoms with van der Waals surface area (Å²) < 4.78 is 2.11. The molecule has 1 aliphatic rings. The van der Waals surface area contributed by atoms with Crippen molar-refractivity contribution in [2.45, 2.75) is 25.6 Å². The Morgan fingerprint density at radius 2 is 2.07 bits per heavy atom. The average molecular weight is 386 g/mol. The third-order valence-electron chi connectivity index (χ3n) is 5.90. The predicted octanol–water partition coefficient (Wildman–Crippen LogP) is 3.87. The fourth-order valence-electron chi connectivity index (χ4n) is 4.47. The molecule has 5 heteroatoms. The van der Waals surface area contributed by atoms with E-state index in [2.05, 4.69) is 74.5 Å². The summed E-state index contributed by atoms with van der Waals surface area (Å²) in [4.78, 5) is 6.75. The normalized spacial score (nSPS) is 17.3. The van der Waals surface area contributed by atoms with Crippen LogP contribution in [-0.4, -0.2) is 45.3 Å². The zero-order valence-corrected chi connectivity index (χ0v) is 16.5. The van der Waals surface area contributed by atoms with Crippen LogP contribution >= 0.6 is 0 Å². The monoisotopic (exact) mass is 386 g/mol. The van der Waals surface area contributed by atoms with Gasteiger partial charge in [0.1, 0.15) is 0 Å². The smallest absolute Gasteiger partial charge is 0.0610 e. The van der Waals surface area contributed by atoms with Gasteiger partial charge in [-0.1, -0.05) is 18.2 Å². The van der Waals surface area contributed by atoms with Crippen LogP contribution in [0, 0.1) is 0 Å². The molecule has 3 heterocycles. The number of pyridine rings is 1. The minimum Gasteiger partial charge on any atom is -0.395 e. The summed E-state index contributed by atoms with van der Waals surface area (Å²) in [5, 5.41) is 16.6. The first-order valence-electron chi connectivity index (χ1n) is 10.3. The molecule has 5 rings (SSSR count). The number of benzene rings is 2. The Morgan fingerprint density at radius 1 is 1.10 bits per heavy atom. The van der Waals surface area contributed by atoms with Crippen LogP contribution in [0.4, 0.5) is 5.69 Å². The third kappa shape index (κ3) is 3.71. The molecule has 4 aromatic rings. The number of hydrogen-bond acceptors (Lipinski definition) is 4. The summed E-state index contributed by atoms with van der Waals surface area (Å²) >= 11 is 0. The standard InChI is InChI=1S/C24H26N4O/c29-13-12-28-11-7-19-14-18(4-5-24(19)28)16-27-10-8-21(17-27)26-23-3-1-2-20-15-25-9-6-22(20)23/h1-7,9,11,14-15,21,26,29H,8,10,12-13,16-17H2. The highest BCUT2D eigenvalue weighted by Crippen LogP contribution is 2.26. The molecule has 2 aromatic carbocycles. The number of fused-ring (bicyclic) bond motifs is 2. The van der Waals surface area contributed by atoms with E-state index < -0.39 is 0 Å². The second kappa shape index (κ2) is 7.85. The van der Waals surface area contributed by atoms with Gasteiger partial charge in [-0.25, -0.2) is 0 Å². The van der Waals surface area contributed by atoms with Crippen LogP contribution in [0.3, 0.4) is 0 Å². The zero-order chi connectivity index (χ0) is 19.6. The SMILES string of the molecule is OCCn1ccc2cc(CN3CCC(Nc4cccc5cnccc45)C3)ccc21. The Hall–Kier alpha value is -2.89. The van der Waals surface area contributed by atoms with E-state index in [0.717, 1.165) is 26.1 Å². The Balaban J connectivity index is 1.26. The lowest BCUT2D eigenvalue weighted by atomic mass is 10.1. The number of nitrogens with one attached hydrogen (secondary N) is 1. The first-order chi connectivity index (χ1) is 14.3. The molecule has 0 amide bonds. The molecule has 1 saturated heterocycles. The number of hydrogen-bond donors (Lipinski definition) is 2. The van der Waals surface area contributed by atoms with Gasteiger partial charge in [-0.15, -0.1) is 0 Å². The molecule has 29 heavy (non-hydrogen) atoms. The highest BCUT2D eigenvalue weighted by atomic mass is 16.3. The second-order valence-corrected chi connectivity index (χ2v) is 7.89. The van der Waals surface area contributed by atoms with Gasteiger partial charge in [0.05, 0.1) is 6.61 Å². The average Bonchev–Trinajstić information content (AvgIpc) is 3.35. The number of nitrogens with zero attached hydrogens (tertiary/aromatic N) is 3.